The fraction of sp³-hybridized carbons (Fsp3) is 0.368. The van der Waals surface area contributed by atoms with E-state index >= 15 is 0 Å². The first kappa shape index (κ1) is 21.3. The third kappa shape index (κ3) is 4.62. The van der Waals surface area contributed by atoms with Gasteiger partial charge in [-0.2, -0.15) is 0 Å². The molecule has 0 aliphatic carbocycles. The molecule has 0 unspecified atom stereocenters. The smallest absolute Gasteiger partial charge is 0.264 e. The Morgan fingerprint density at radius 3 is 2.19 bits per heavy atom. The number of hydrogen-bond acceptors (Lipinski definition) is 4. The first-order chi connectivity index (χ1) is 12.3. The lowest BCUT2D eigenvalue weighted by atomic mass is 10.2. The Labute approximate surface area is 165 Å². The SMILES string of the molecule is CCCCO[P@](=O)(c1ccc(N(C)C)cc1)[C@H](O)c1c(Cl)cccc1Cl. The summed E-state index contributed by atoms with van der Waals surface area (Å²) >= 11 is 12.4. The lowest BCUT2D eigenvalue weighted by Gasteiger charge is -2.26. The molecule has 0 aromatic heterocycles. The van der Waals surface area contributed by atoms with Crippen molar-refractivity contribution < 1.29 is 14.2 Å². The van der Waals surface area contributed by atoms with Crippen LogP contribution in [-0.4, -0.2) is 25.8 Å². The molecule has 0 spiro atoms. The van der Waals surface area contributed by atoms with Crippen LogP contribution in [0.3, 0.4) is 0 Å². The molecule has 4 nitrogen and oxygen atoms in total. The Morgan fingerprint density at radius 1 is 1.12 bits per heavy atom. The zero-order valence-corrected chi connectivity index (χ0v) is 17.6. The maximum atomic E-state index is 13.8. The van der Waals surface area contributed by atoms with E-state index < -0.39 is 13.2 Å². The second-order valence-electron chi connectivity index (χ2n) is 6.20. The minimum Gasteiger partial charge on any atom is -0.378 e. The second kappa shape index (κ2) is 9.25. The molecule has 0 fully saturated rings. The quantitative estimate of drug-likeness (QED) is 0.458. The van der Waals surface area contributed by atoms with Crippen molar-refractivity contribution in [3.63, 3.8) is 0 Å². The molecule has 2 rings (SSSR count). The van der Waals surface area contributed by atoms with Gasteiger partial charge in [-0.25, -0.2) is 0 Å². The maximum absolute atomic E-state index is 13.8. The number of nitrogens with zero attached hydrogens (tertiary/aromatic N) is 1. The van der Waals surface area contributed by atoms with Gasteiger partial charge in [0.15, 0.2) is 5.85 Å². The first-order valence-corrected chi connectivity index (χ1v) is 10.9. The minimum absolute atomic E-state index is 0.229. The van der Waals surface area contributed by atoms with Gasteiger partial charge in [0.2, 0.25) is 0 Å². The first-order valence-electron chi connectivity index (χ1n) is 8.45. The van der Waals surface area contributed by atoms with Crippen molar-refractivity contribution in [2.75, 3.05) is 25.6 Å². The molecule has 1 N–H and O–H groups in total. The molecular formula is C19H24Cl2NO3P. The van der Waals surface area contributed by atoms with Crippen LogP contribution in [0, 0.1) is 0 Å². The molecule has 0 amide bonds. The van der Waals surface area contributed by atoms with E-state index in [-0.39, 0.29) is 22.2 Å². The highest BCUT2D eigenvalue weighted by molar-refractivity contribution is 7.67. The average Bonchev–Trinajstić information content (AvgIpc) is 2.61. The van der Waals surface area contributed by atoms with Gasteiger partial charge < -0.3 is 14.5 Å². The van der Waals surface area contributed by atoms with Crippen LogP contribution < -0.4 is 10.2 Å². The highest BCUT2D eigenvalue weighted by Gasteiger charge is 2.38. The van der Waals surface area contributed by atoms with Crippen LogP contribution >= 0.6 is 30.6 Å². The topological polar surface area (TPSA) is 49.8 Å². The fourth-order valence-corrected chi connectivity index (χ4v) is 5.43. The molecule has 0 saturated heterocycles. The van der Waals surface area contributed by atoms with E-state index in [2.05, 4.69) is 0 Å². The molecule has 26 heavy (non-hydrogen) atoms. The molecule has 2 atom stereocenters. The molecule has 0 radical (unpaired) electrons. The number of benzene rings is 2. The van der Waals surface area contributed by atoms with Gasteiger partial charge in [-0.1, -0.05) is 42.6 Å². The highest BCUT2D eigenvalue weighted by atomic mass is 35.5. The van der Waals surface area contributed by atoms with Gasteiger partial charge in [0.05, 0.1) is 6.61 Å². The van der Waals surface area contributed by atoms with Gasteiger partial charge in [0.25, 0.3) is 7.37 Å². The van der Waals surface area contributed by atoms with E-state index in [1.807, 2.05) is 38.1 Å². The molecule has 0 bridgehead atoms. The summed E-state index contributed by atoms with van der Waals surface area (Å²) < 4.78 is 19.5. The summed E-state index contributed by atoms with van der Waals surface area (Å²) in [6.45, 7) is 2.30. The van der Waals surface area contributed by atoms with Crippen molar-refractivity contribution in [3.05, 3.63) is 58.1 Å². The van der Waals surface area contributed by atoms with Gasteiger partial charge in [0, 0.05) is 40.7 Å². The number of hydrogen-bond donors (Lipinski definition) is 1. The Morgan fingerprint density at radius 2 is 1.69 bits per heavy atom. The van der Waals surface area contributed by atoms with Gasteiger partial charge in [-0.15, -0.1) is 0 Å². The summed E-state index contributed by atoms with van der Waals surface area (Å²) in [5.74, 6) is -1.44. The lowest BCUT2D eigenvalue weighted by Crippen LogP contribution is -2.17. The molecule has 0 saturated carbocycles. The number of aliphatic hydroxyl groups is 1. The molecular weight excluding hydrogens is 392 g/mol. The van der Waals surface area contributed by atoms with E-state index in [4.69, 9.17) is 27.7 Å². The number of unbranched alkanes of at least 4 members (excludes halogenated alkanes) is 1. The van der Waals surface area contributed by atoms with E-state index in [9.17, 15) is 9.67 Å². The molecule has 2 aromatic rings. The zero-order chi connectivity index (χ0) is 19.3. The number of anilines is 1. The predicted molar refractivity (Wildman–Crippen MR) is 110 cm³/mol. The molecule has 0 aliphatic heterocycles. The van der Waals surface area contributed by atoms with Crippen molar-refractivity contribution >= 4 is 41.6 Å². The third-order valence-electron chi connectivity index (χ3n) is 4.09. The van der Waals surface area contributed by atoms with Crippen LogP contribution in [0.4, 0.5) is 5.69 Å². The van der Waals surface area contributed by atoms with Crippen LogP contribution in [0.25, 0.3) is 0 Å². The molecule has 0 heterocycles. The molecule has 142 valence electrons. The predicted octanol–water partition coefficient (Wildman–Crippen LogP) is 5.47. The summed E-state index contributed by atoms with van der Waals surface area (Å²) in [5, 5.41) is 11.9. The maximum Gasteiger partial charge on any atom is 0.264 e. The largest absolute Gasteiger partial charge is 0.378 e. The van der Waals surface area contributed by atoms with E-state index in [1.54, 1.807) is 30.3 Å². The van der Waals surface area contributed by atoms with Crippen molar-refractivity contribution in [3.8, 4) is 0 Å². The fourth-order valence-electron chi connectivity index (χ4n) is 2.52. The molecule has 2 aromatic carbocycles. The summed E-state index contributed by atoms with van der Waals surface area (Å²) in [4.78, 5) is 1.94. The van der Waals surface area contributed by atoms with Crippen LogP contribution in [0.2, 0.25) is 10.0 Å². The number of halogens is 2. The summed E-state index contributed by atoms with van der Waals surface area (Å²) in [5.41, 5.74) is 1.19. The van der Waals surface area contributed by atoms with Crippen LogP contribution in [0.5, 0.6) is 0 Å². The average molecular weight is 416 g/mol. The second-order valence-corrected chi connectivity index (χ2v) is 9.48. The highest BCUT2D eigenvalue weighted by Crippen LogP contribution is 2.59. The standard InChI is InChI=1S/C19H24Cl2NO3P/c1-4-5-13-25-26(24,15-11-9-14(10-12-15)22(2)3)19(23)18-16(20)7-6-8-17(18)21/h6-12,19,23H,4-5,13H2,1-3H3/t19-,26+/m0/s1. The Hall–Kier alpha value is -1.03. The zero-order valence-electron chi connectivity index (χ0n) is 15.2. The van der Waals surface area contributed by atoms with E-state index in [1.165, 1.54) is 0 Å². The van der Waals surface area contributed by atoms with E-state index in [0.717, 1.165) is 18.5 Å². The molecule has 7 heteroatoms. The Kier molecular flexibility index (Phi) is 7.57. The van der Waals surface area contributed by atoms with Gasteiger partial charge in [-0.05, 0) is 42.8 Å². The van der Waals surface area contributed by atoms with E-state index in [0.29, 0.717) is 5.30 Å². The van der Waals surface area contributed by atoms with Crippen LogP contribution in [-0.2, 0) is 9.09 Å². The van der Waals surface area contributed by atoms with Gasteiger partial charge >= 0.3 is 0 Å². The van der Waals surface area contributed by atoms with Gasteiger partial charge in [0.1, 0.15) is 0 Å². The summed E-state index contributed by atoms with van der Waals surface area (Å²) in [6.07, 6.45) is 1.63. The Bertz CT molecular complexity index is 761. The third-order valence-corrected chi connectivity index (χ3v) is 7.23. The van der Waals surface area contributed by atoms with Gasteiger partial charge in [-0.3, -0.25) is 4.57 Å². The van der Waals surface area contributed by atoms with Crippen molar-refractivity contribution in [1.82, 2.24) is 0 Å². The van der Waals surface area contributed by atoms with Crippen molar-refractivity contribution in [2.24, 2.45) is 0 Å². The monoisotopic (exact) mass is 415 g/mol. The number of rotatable bonds is 8. The van der Waals surface area contributed by atoms with Crippen LogP contribution in [0.1, 0.15) is 31.2 Å². The number of aliphatic hydroxyl groups excluding tert-OH is 1. The molecule has 0 aliphatic rings. The van der Waals surface area contributed by atoms with Crippen molar-refractivity contribution in [2.45, 2.75) is 25.6 Å². The lowest BCUT2D eigenvalue weighted by molar-refractivity contribution is 0.213. The minimum atomic E-state index is -3.65. The summed E-state index contributed by atoms with van der Waals surface area (Å²) in [7, 11) is 0.192. The normalized spacial score (nSPS) is 14.7. The van der Waals surface area contributed by atoms with Crippen molar-refractivity contribution in [1.29, 1.82) is 0 Å². The summed E-state index contributed by atoms with van der Waals surface area (Å²) in [6, 6.07) is 12.0. The Balaban J connectivity index is 2.48. The van der Waals surface area contributed by atoms with Crippen LogP contribution in [0.15, 0.2) is 42.5 Å².